The zero-order chi connectivity index (χ0) is 17.1. The van der Waals surface area contributed by atoms with E-state index in [-0.39, 0.29) is 0 Å². The first-order valence-corrected chi connectivity index (χ1v) is 8.00. The van der Waals surface area contributed by atoms with Gasteiger partial charge in [-0.3, -0.25) is 4.98 Å². The number of benzene rings is 3. The van der Waals surface area contributed by atoms with Crippen molar-refractivity contribution in [3.05, 3.63) is 90.3 Å². The summed E-state index contributed by atoms with van der Waals surface area (Å²) in [5, 5.41) is 13.0. The maximum Gasteiger partial charge on any atom is 0.153 e. The summed E-state index contributed by atoms with van der Waals surface area (Å²) in [4.78, 5) is 3.97. The normalized spacial score (nSPS) is 12.2. The van der Waals surface area contributed by atoms with Crippen molar-refractivity contribution in [3.8, 4) is 0 Å². The van der Waals surface area contributed by atoms with Crippen molar-refractivity contribution in [2.45, 2.75) is 0 Å². The molecule has 0 unspecified atom stereocenters. The molecule has 120 valence electrons. The van der Waals surface area contributed by atoms with Gasteiger partial charge in [0.15, 0.2) is 5.84 Å². The summed E-state index contributed by atoms with van der Waals surface area (Å²) in [7, 11) is 0. The molecule has 2 N–H and O–H groups in total. The van der Waals surface area contributed by atoms with Crippen LogP contribution in [0.3, 0.4) is 0 Å². The Morgan fingerprint density at radius 1 is 0.840 bits per heavy atom. The fraction of sp³-hybridized carbons (Fsp3) is 0. The van der Waals surface area contributed by atoms with Crippen LogP contribution < -0.4 is 5.73 Å². The Kier molecular flexibility index (Phi) is 3.92. The molecule has 1 aromatic heterocycles. The van der Waals surface area contributed by atoms with Crippen molar-refractivity contribution in [2.75, 3.05) is 0 Å². The zero-order valence-electron chi connectivity index (χ0n) is 13.5. The first kappa shape index (κ1) is 15.0. The topological polar surface area (TPSA) is 63.6 Å². The molecule has 0 aliphatic heterocycles. The minimum Gasteiger partial charge on any atom is -0.382 e. The van der Waals surface area contributed by atoms with Gasteiger partial charge >= 0.3 is 0 Å². The Hall–Kier alpha value is -3.53. The number of amidine groups is 1. The third kappa shape index (κ3) is 2.97. The molecule has 0 saturated carbocycles. The molecule has 0 saturated heterocycles. The van der Waals surface area contributed by atoms with E-state index in [1.165, 1.54) is 10.8 Å². The number of pyridine rings is 1. The number of hydrogen-bond acceptors (Lipinski definition) is 3. The molecule has 4 rings (SSSR count). The Balaban J connectivity index is 1.82. The lowest BCUT2D eigenvalue weighted by molar-refractivity contribution is 1.22. The predicted molar refractivity (Wildman–Crippen MR) is 104 cm³/mol. The zero-order valence-corrected chi connectivity index (χ0v) is 13.5. The molecule has 0 fully saturated rings. The first-order chi connectivity index (χ1) is 12.3. The van der Waals surface area contributed by atoms with Crippen LogP contribution >= 0.6 is 0 Å². The Bertz CT molecular complexity index is 1040. The lowest BCUT2D eigenvalue weighted by atomic mass is 9.97. The van der Waals surface area contributed by atoms with Crippen LogP contribution in [0, 0.1) is 0 Å². The van der Waals surface area contributed by atoms with Crippen LogP contribution in [0.25, 0.3) is 21.5 Å². The second-order valence-corrected chi connectivity index (χ2v) is 5.70. The highest BCUT2D eigenvalue weighted by Crippen LogP contribution is 2.27. The summed E-state index contributed by atoms with van der Waals surface area (Å²) in [6.07, 6.45) is 5.14. The molecule has 0 aliphatic carbocycles. The summed E-state index contributed by atoms with van der Waals surface area (Å²) in [5.41, 5.74) is 7.84. The number of nitrogens with two attached hydrogens (primary N) is 1. The van der Waals surface area contributed by atoms with Gasteiger partial charge in [0.2, 0.25) is 0 Å². The molecule has 0 spiro atoms. The molecule has 0 radical (unpaired) electrons. The summed E-state index contributed by atoms with van der Waals surface area (Å²) in [6, 6.07) is 22.3. The van der Waals surface area contributed by atoms with Crippen LogP contribution in [0.1, 0.15) is 11.1 Å². The maximum absolute atomic E-state index is 5.99. The lowest BCUT2D eigenvalue weighted by Crippen LogP contribution is -2.12. The number of rotatable bonds is 3. The van der Waals surface area contributed by atoms with Crippen LogP contribution in [0.5, 0.6) is 0 Å². The van der Waals surface area contributed by atoms with E-state index in [0.29, 0.717) is 5.84 Å². The average molecular weight is 324 g/mol. The number of fused-ring (bicyclic) bond motifs is 2. The van der Waals surface area contributed by atoms with Crippen LogP contribution in [-0.2, 0) is 0 Å². The predicted octanol–water partition coefficient (Wildman–Crippen LogP) is 4.13. The van der Waals surface area contributed by atoms with Crippen molar-refractivity contribution in [1.82, 2.24) is 4.98 Å². The molecule has 1 heterocycles. The molecule has 3 aromatic carbocycles. The quantitative estimate of drug-likeness (QED) is 0.266. The first-order valence-electron chi connectivity index (χ1n) is 8.00. The smallest absolute Gasteiger partial charge is 0.153 e. The molecule has 0 amide bonds. The highest BCUT2D eigenvalue weighted by atomic mass is 15.2. The summed E-state index contributed by atoms with van der Waals surface area (Å²) < 4.78 is 0. The van der Waals surface area contributed by atoms with Gasteiger partial charge in [-0.05, 0) is 39.7 Å². The Morgan fingerprint density at radius 2 is 1.44 bits per heavy atom. The van der Waals surface area contributed by atoms with Crippen molar-refractivity contribution in [3.63, 3.8) is 0 Å². The molecule has 4 nitrogen and oxygen atoms in total. The molecule has 4 heteroatoms. The molecule has 0 atom stereocenters. The second-order valence-electron chi connectivity index (χ2n) is 5.70. The highest BCUT2D eigenvalue weighted by molar-refractivity contribution is 6.13. The SMILES string of the molecule is N/C(=N\N=C\c1c2ccccc2cc2ccccc12)c1ccncc1. The Labute approximate surface area is 145 Å². The minimum absolute atomic E-state index is 0.364. The van der Waals surface area contributed by atoms with E-state index in [0.717, 1.165) is 21.9 Å². The van der Waals surface area contributed by atoms with Crippen molar-refractivity contribution in [2.24, 2.45) is 15.9 Å². The van der Waals surface area contributed by atoms with Crippen molar-refractivity contribution < 1.29 is 0 Å². The van der Waals surface area contributed by atoms with Gasteiger partial charge in [0.05, 0.1) is 6.21 Å². The van der Waals surface area contributed by atoms with E-state index in [1.54, 1.807) is 18.6 Å². The number of hydrogen-bond donors (Lipinski definition) is 1. The number of aromatic nitrogens is 1. The fourth-order valence-electron chi connectivity index (χ4n) is 2.92. The van der Waals surface area contributed by atoms with Gasteiger partial charge in [0, 0.05) is 23.5 Å². The molecular formula is C21H16N4. The van der Waals surface area contributed by atoms with Crippen LogP contribution in [0.4, 0.5) is 0 Å². The van der Waals surface area contributed by atoms with Crippen LogP contribution in [-0.4, -0.2) is 17.0 Å². The third-order valence-corrected chi connectivity index (χ3v) is 4.14. The van der Waals surface area contributed by atoms with E-state index >= 15 is 0 Å². The maximum atomic E-state index is 5.99. The van der Waals surface area contributed by atoms with Gasteiger partial charge in [-0.15, -0.1) is 5.10 Å². The lowest BCUT2D eigenvalue weighted by Gasteiger charge is -2.07. The van der Waals surface area contributed by atoms with Gasteiger partial charge in [-0.25, -0.2) is 0 Å². The standard InChI is InChI=1S/C21H16N4/c22-21(15-9-11-23-12-10-15)25-24-14-20-18-7-3-1-5-16(18)13-17-6-2-4-8-19(17)20/h1-14H,(H2,22,25)/b24-14+. The molecule has 25 heavy (non-hydrogen) atoms. The van der Waals surface area contributed by atoms with Gasteiger partial charge in [0.25, 0.3) is 0 Å². The Morgan fingerprint density at radius 3 is 2.08 bits per heavy atom. The van der Waals surface area contributed by atoms with Crippen molar-refractivity contribution >= 4 is 33.6 Å². The molecular weight excluding hydrogens is 308 g/mol. The van der Waals surface area contributed by atoms with Crippen molar-refractivity contribution in [1.29, 1.82) is 0 Å². The monoisotopic (exact) mass is 324 g/mol. The average Bonchev–Trinajstić information content (AvgIpc) is 2.68. The minimum atomic E-state index is 0.364. The highest BCUT2D eigenvalue weighted by Gasteiger charge is 2.05. The van der Waals surface area contributed by atoms with E-state index in [1.807, 2.05) is 36.4 Å². The second kappa shape index (κ2) is 6.53. The molecule has 0 aliphatic rings. The third-order valence-electron chi connectivity index (χ3n) is 4.14. The molecule has 0 bridgehead atoms. The van der Waals surface area contributed by atoms with Gasteiger partial charge in [-0.2, -0.15) is 5.10 Å². The van der Waals surface area contributed by atoms with Crippen LogP contribution in [0.2, 0.25) is 0 Å². The summed E-state index contributed by atoms with van der Waals surface area (Å²) >= 11 is 0. The van der Waals surface area contributed by atoms with E-state index in [9.17, 15) is 0 Å². The van der Waals surface area contributed by atoms with Gasteiger partial charge < -0.3 is 5.73 Å². The summed E-state index contributed by atoms with van der Waals surface area (Å²) in [5.74, 6) is 0.364. The van der Waals surface area contributed by atoms with Gasteiger partial charge in [0.1, 0.15) is 0 Å². The largest absolute Gasteiger partial charge is 0.382 e. The fourth-order valence-corrected chi connectivity index (χ4v) is 2.92. The molecule has 4 aromatic rings. The van der Waals surface area contributed by atoms with E-state index in [2.05, 4.69) is 45.5 Å². The number of nitrogens with zero attached hydrogens (tertiary/aromatic N) is 3. The van der Waals surface area contributed by atoms with E-state index < -0.39 is 0 Å². The summed E-state index contributed by atoms with van der Waals surface area (Å²) in [6.45, 7) is 0. The van der Waals surface area contributed by atoms with Crippen LogP contribution in [0.15, 0.2) is 89.3 Å². The van der Waals surface area contributed by atoms with E-state index in [4.69, 9.17) is 5.73 Å². The van der Waals surface area contributed by atoms with Gasteiger partial charge in [-0.1, -0.05) is 48.5 Å².